The van der Waals surface area contributed by atoms with E-state index in [0.29, 0.717) is 54.9 Å². The molecule has 3 aromatic rings. The Hall–Kier alpha value is -4.25. The second kappa shape index (κ2) is 10.3. The number of hydrogen-bond acceptors (Lipinski definition) is 10. The quantitative estimate of drug-likeness (QED) is 0.423. The molecule has 38 heavy (non-hydrogen) atoms. The highest BCUT2D eigenvalue weighted by Crippen LogP contribution is 2.39. The monoisotopic (exact) mass is 538 g/mol. The van der Waals surface area contributed by atoms with E-state index >= 15 is 0 Å². The molecule has 2 aromatic carbocycles. The number of esters is 1. The summed E-state index contributed by atoms with van der Waals surface area (Å²) < 4.78 is 34.6. The van der Waals surface area contributed by atoms with E-state index in [0.717, 1.165) is 0 Å². The summed E-state index contributed by atoms with van der Waals surface area (Å²) in [5, 5.41) is 0. The van der Waals surface area contributed by atoms with Crippen molar-refractivity contribution in [1.29, 1.82) is 0 Å². The zero-order valence-corrected chi connectivity index (χ0v) is 22.3. The van der Waals surface area contributed by atoms with Crippen molar-refractivity contribution >= 4 is 23.4 Å². The maximum absolute atomic E-state index is 13.9. The lowest BCUT2D eigenvalue weighted by Gasteiger charge is -2.24. The van der Waals surface area contributed by atoms with Crippen LogP contribution in [0.3, 0.4) is 0 Å². The van der Waals surface area contributed by atoms with Gasteiger partial charge in [0.05, 0.1) is 49.8 Å². The van der Waals surface area contributed by atoms with E-state index in [4.69, 9.17) is 28.4 Å². The molecule has 0 radical (unpaired) electrons. The highest BCUT2D eigenvalue weighted by atomic mass is 32.1. The van der Waals surface area contributed by atoms with Crippen LogP contribution in [0, 0.1) is 0 Å². The predicted octanol–water partition coefficient (Wildman–Crippen LogP) is 2.55. The minimum absolute atomic E-state index is 0.107. The molecule has 3 heterocycles. The van der Waals surface area contributed by atoms with Crippen LogP contribution in [0.4, 0.5) is 0 Å². The lowest BCUT2D eigenvalue weighted by Crippen LogP contribution is -2.39. The molecule has 0 N–H and O–H groups in total. The molecule has 1 unspecified atom stereocenters. The molecular weight excluding hydrogens is 512 g/mol. The van der Waals surface area contributed by atoms with E-state index in [1.54, 1.807) is 44.2 Å². The molecule has 2 aliphatic rings. The van der Waals surface area contributed by atoms with Gasteiger partial charge in [0.25, 0.3) is 5.56 Å². The summed E-state index contributed by atoms with van der Waals surface area (Å²) >= 11 is 1.22. The molecule has 1 atom stereocenters. The van der Waals surface area contributed by atoms with Crippen LogP contribution in [0.1, 0.15) is 31.0 Å². The van der Waals surface area contributed by atoms with Crippen LogP contribution < -0.4 is 38.6 Å². The average Bonchev–Trinajstić information content (AvgIpc) is 3.50. The van der Waals surface area contributed by atoms with Gasteiger partial charge in [-0.2, -0.15) is 0 Å². The summed E-state index contributed by atoms with van der Waals surface area (Å²) in [6, 6.07) is 8.10. The molecule has 0 amide bonds. The van der Waals surface area contributed by atoms with Crippen molar-refractivity contribution < 1.29 is 33.2 Å². The number of methoxy groups -OCH3 is 3. The highest BCUT2D eigenvalue weighted by molar-refractivity contribution is 7.07. The fourth-order valence-electron chi connectivity index (χ4n) is 4.53. The van der Waals surface area contributed by atoms with Crippen molar-refractivity contribution in [3.63, 3.8) is 0 Å². The molecule has 0 fully saturated rings. The Bertz CT molecular complexity index is 1610. The first kappa shape index (κ1) is 25.4. The van der Waals surface area contributed by atoms with Crippen molar-refractivity contribution in [2.45, 2.75) is 19.9 Å². The molecule has 10 nitrogen and oxygen atoms in total. The smallest absolute Gasteiger partial charge is 0.338 e. The Kier molecular flexibility index (Phi) is 6.85. The fourth-order valence-corrected chi connectivity index (χ4v) is 5.57. The molecular formula is C27H26N2O8S. The fraction of sp³-hybridized carbons (Fsp3) is 0.296. The highest BCUT2D eigenvalue weighted by Gasteiger charge is 2.34. The number of benzene rings is 2. The van der Waals surface area contributed by atoms with Gasteiger partial charge in [-0.1, -0.05) is 17.4 Å². The maximum Gasteiger partial charge on any atom is 0.338 e. The van der Waals surface area contributed by atoms with Crippen LogP contribution in [0.25, 0.3) is 6.08 Å². The van der Waals surface area contributed by atoms with Crippen molar-refractivity contribution in [2.75, 3.05) is 34.7 Å². The van der Waals surface area contributed by atoms with Crippen molar-refractivity contribution in [1.82, 2.24) is 4.57 Å². The van der Waals surface area contributed by atoms with Crippen LogP contribution in [-0.4, -0.2) is 45.3 Å². The normalized spacial score (nSPS) is 16.1. The van der Waals surface area contributed by atoms with Crippen LogP contribution >= 0.6 is 11.3 Å². The number of ether oxygens (including phenoxy) is 6. The molecule has 0 aliphatic carbocycles. The number of carbonyl (C=O) groups excluding carboxylic acids is 1. The standard InChI is InChI=1S/C27H26N2O8S/c1-6-35-26(31)22-14(2)28-27-29(23(22)16-7-8-17-18(12-16)37-13-36-17)25(30)21(38-27)11-15-9-19(32-3)24(34-5)20(10-15)33-4/h7-12,23H,6,13H2,1-5H3. The maximum atomic E-state index is 13.9. The van der Waals surface area contributed by atoms with Crippen molar-refractivity contribution in [3.05, 3.63) is 72.4 Å². The second-order valence-electron chi connectivity index (χ2n) is 8.37. The number of aromatic nitrogens is 1. The molecule has 0 spiro atoms. The van der Waals surface area contributed by atoms with Gasteiger partial charge in [0.2, 0.25) is 12.5 Å². The van der Waals surface area contributed by atoms with Crippen molar-refractivity contribution in [2.24, 2.45) is 4.99 Å². The van der Waals surface area contributed by atoms with Gasteiger partial charge in [0.15, 0.2) is 27.8 Å². The Labute approximate surface area is 222 Å². The van der Waals surface area contributed by atoms with Gasteiger partial charge in [-0.3, -0.25) is 9.36 Å². The van der Waals surface area contributed by atoms with Gasteiger partial charge in [0, 0.05) is 0 Å². The third kappa shape index (κ3) is 4.28. The summed E-state index contributed by atoms with van der Waals surface area (Å²) in [5.74, 6) is 1.98. The molecule has 5 rings (SSSR count). The number of allylic oxidation sites excluding steroid dienone is 1. The topological polar surface area (TPSA) is 107 Å². The first-order valence-electron chi connectivity index (χ1n) is 11.8. The molecule has 11 heteroatoms. The van der Waals surface area contributed by atoms with E-state index in [1.165, 1.54) is 37.2 Å². The van der Waals surface area contributed by atoms with Crippen molar-refractivity contribution in [3.8, 4) is 28.7 Å². The van der Waals surface area contributed by atoms with E-state index in [9.17, 15) is 9.59 Å². The largest absolute Gasteiger partial charge is 0.493 e. The predicted molar refractivity (Wildman–Crippen MR) is 139 cm³/mol. The van der Waals surface area contributed by atoms with E-state index in [2.05, 4.69) is 4.99 Å². The third-order valence-corrected chi connectivity index (χ3v) is 7.20. The van der Waals surface area contributed by atoms with Crippen LogP contribution in [0.5, 0.6) is 28.7 Å². The number of thiazole rings is 1. The van der Waals surface area contributed by atoms with Gasteiger partial charge < -0.3 is 28.4 Å². The first-order chi connectivity index (χ1) is 18.4. The Morgan fingerprint density at radius 3 is 2.47 bits per heavy atom. The second-order valence-corrected chi connectivity index (χ2v) is 9.38. The first-order valence-corrected chi connectivity index (χ1v) is 12.6. The Balaban J connectivity index is 1.71. The van der Waals surface area contributed by atoms with Crippen LogP contribution in [0.2, 0.25) is 0 Å². The van der Waals surface area contributed by atoms with Gasteiger partial charge in [-0.25, -0.2) is 9.79 Å². The van der Waals surface area contributed by atoms with Gasteiger partial charge in [0.1, 0.15) is 0 Å². The molecule has 0 bridgehead atoms. The number of hydrogen-bond donors (Lipinski definition) is 0. The summed E-state index contributed by atoms with van der Waals surface area (Å²) in [5.41, 5.74) is 1.81. The summed E-state index contributed by atoms with van der Waals surface area (Å²) in [6.07, 6.45) is 1.73. The number of nitrogens with zero attached hydrogens (tertiary/aromatic N) is 2. The minimum Gasteiger partial charge on any atom is -0.493 e. The third-order valence-electron chi connectivity index (χ3n) is 6.21. The summed E-state index contributed by atoms with van der Waals surface area (Å²) in [4.78, 5) is 32.0. The minimum atomic E-state index is -0.762. The molecule has 198 valence electrons. The molecule has 1 aromatic heterocycles. The molecule has 0 saturated carbocycles. The van der Waals surface area contributed by atoms with Gasteiger partial charge in [-0.05, 0) is 55.3 Å². The number of rotatable bonds is 7. The summed E-state index contributed by atoms with van der Waals surface area (Å²) in [6.45, 7) is 3.77. The Morgan fingerprint density at radius 1 is 1.11 bits per heavy atom. The molecule has 0 saturated heterocycles. The molecule has 2 aliphatic heterocycles. The summed E-state index contributed by atoms with van der Waals surface area (Å²) in [7, 11) is 4.58. The van der Waals surface area contributed by atoms with Crippen LogP contribution in [0.15, 0.2) is 51.4 Å². The number of carbonyl (C=O) groups is 1. The van der Waals surface area contributed by atoms with Gasteiger partial charge in [-0.15, -0.1) is 0 Å². The number of fused-ring (bicyclic) bond motifs is 2. The van der Waals surface area contributed by atoms with Crippen LogP contribution in [-0.2, 0) is 9.53 Å². The van der Waals surface area contributed by atoms with E-state index in [1.807, 2.05) is 6.07 Å². The lowest BCUT2D eigenvalue weighted by atomic mass is 9.95. The Morgan fingerprint density at radius 2 is 1.82 bits per heavy atom. The van der Waals surface area contributed by atoms with E-state index < -0.39 is 12.0 Å². The zero-order chi connectivity index (χ0) is 27.0. The van der Waals surface area contributed by atoms with Gasteiger partial charge >= 0.3 is 5.97 Å². The lowest BCUT2D eigenvalue weighted by molar-refractivity contribution is -0.139. The van der Waals surface area contributed by atoms with E-state index in [-0.39, 0.29) is 24.5 Å². The SMILES string of the molecule is CCOC(=O)C1=C(C)N=c2sc(=Cc3cc(OC)c(OC)c(OC)c3)c(=O)n2C1c1ccc2c(c1)OCO2. The average molecular weight is 539 g/mol. The zero-order valence-electron chi connectivity index (χ0n) is 21.5.